The van der Waals surface area contributed by atoms with Crippen molar-refractivity contribution < 1.29 is 45.4 Å². The molecule has 2 aromatic carbocycles. The topological polar surface area (TPSA) is 90.6 Å². The smallest absolute Gasteiger partial charge is 0.417 e. The molecule has 1 aliphatic heterocycles. The highest BCUT2D eigenvalue weighted by Crippen LogP contribution is 2.55. The summed E-state index contributed by atoms with van der Waals surface area (Å²) in [6.07, 6.45) is -6.77. The molecule has 0 spiro atoms. The first kappa shape index (κ1) is 25.3. The Kier molecular flexibility index (Phi) is 6.57. The fraction of sp³-hybridized carbons (Fsp3) is 0.364. The zero-order valence-electron chi connectivity index (χ0n) is 18.1. The molecular weight excluding hydrogens is 470 g/mol. The lowest BCUT2D eigenvalue weighted by Crippen LogP contribution is -2.47. The number of ether oxygens (including phenoxy) is 2. The van der Waals surface area contributed by atoms with Crippen LogP contribution in [0.1, 0.15) is 35.7 Å². The molecule has 1 aliphatic rings. The number of anilines is 1. The number of methoxy groups -OCH3 is 1. The largest absolute Gasteiger partial charge is 0.493 e. The maximum atomic E-state index is 14.4. The molecule has 0 unspecified atom stereocenters. The second kappa shape index (κ2) is 8.82. The Labute approximate surface area is 190 Å². The highest BCUT2D eigenvalue weighted by Gasteiger charge is 2.65. The number of rotatable bonds is 5. The van der Waals surface area contributed by atoms with Gasteiger partial charge < -0.3 is 20.5 Å². The predicted molar refractivity (Wildman–Crippen MR) is 108 cm³/mol. The number of carbonyl (C=O) groups is 2. The molecule has 1 heterocycles. The zero-order chi connectivity index (χ0) is 25.6. The number of nitrogens with one attached hydrogen (secondary N) is 1. The first-order chi connectivity index (χ1) is 15.7. The first-order valence-electron chi connectivity index (χ1n) is 9.89. The Balaban J connectivity index is 2.08. The molecular formula is C22H20F6N2O4. The van der Waals surface area contributed by atoms with E-state index in [9.17, 15) is 35.9 Å². The third kappa shape index (κ3) is 4.17. The fourth-order valence-corrected chi connectivity index (χ4v) is 4.05. The summed E-state index contributed by atoms with van der Waals surface area (Å²) in [5.74, 6) is -9.46. The summed E-state index contributed by atoms with van der Waals surface area (Å²) >= 11 is 0. The molecule has 3 N–H and O–H groups in total. The van der Waals surface area contributed by atoms with Gasteiger partial charge in [-0.3, -0.25) is 9.59 Å². The molecule has 4 atom stereocenters. The Hall–Kier alpha value is -3.28. The van der Waals surface area contributed by atoms with Gasteiger partial charge in [-0.15, -0.1) is 0 Å². The molecule has 0 radical (unpaired) electrons. The average Bonchev–Trinajstić information content (AvgIpc) is 3.03. The van der Waals surface area contributed by atoms with Gasteiger partial charge in [0.05, 0.1) is 12.7 Å². The third-order valence-electron chi connectivity index (χ3n) is 6.07. The molecule has 12 heteroatoms. The van der Waals surface area contributed by atoms with Gasteiger partial charge in [-0.2, -0.15) is 17.6 Å². The molecule has 1 saturated heterocycles. The number of amides is 2. The van der Waals surface area contributed by atoms with Gasteiger partial charge in [0.1, 0.15) is 11.9 Å². The summed E-state index contributed by atoms with van der Waals surface area (Å²) in [7, 11) is 1.00. The minimum atomic E-state index is -4.93. The number of benzene rings is 2. The molecule has 2 aromatic rings. The Bertz CT molecular complexity index is 1140. The number of primary amides is 1. The Morgan fingerprint density at radius 3 is 2.29 bits per heavy atom. The SMILES string of the molecule is COc1c([C@H]2[C@@H](C(=O)Nc3ccc(F)c(C(N)=O)c3)O[C@@](C)(C(F)(F)F)[C@@H]2C)ccc(F)c1F. The van der Waals surface area contributed by atoms with Crippen molar-refractivity contribution in [1.29, 1.82) is 0 Å². The molecule has 3 rings (SSSR count). The van der Waals surface area contributed by atoms with Gasteiger partial charge in [0, 0.05) is 23.1 Å². The maximum absolute atomic E-state index is 14.4. The number of halogens is 6. The van der Waals surface area contributed by atoms with E-state index >= 15 is 0 Å². The van der Waals surface area contributed by atoms with Crippen LogP contribution in [0.25, 0.3) is 0 Å². The van der Waals surface area contributed by atoms with E-state index in [0.717, 1.165) is 45.2 Å². The Morgan fingerprint density at radius 1 is 1.12 bits per heavy atom. The lowest BCUT2D eigenvalue weighted by molar-refractivity contribution is -0.272. The van der Waals surface area contributed by atoms with E-state index in [2.05, 4.69) is 5.32 Å². The van der Waals surface area contributed by atoms with Crippen LogP contribution in [-0.2, 0) is 9.53 Å². The van der Waals surface area contributed by atoms with Crippen LogP contribution in [0.15, 0.2) is 30.3 Å². The summed E-state index contributed by atoms with van der Waals surface area (Å²) < 4.78 is 93.8. The normalized spacial score (nSPS) is 24.7. The van der Waals surface area contributed by atoms with Crippen molar-refractivity contribution in [2.24, 2.45) is 11.7 Å². The standard InChI is InChI=1S/C22H20F6N2O4/c1-9-15(11-5-7-14(24)16(25)17(11)33-3)18(34-21(9,2)22(26,27)28)20(32)30-10-4-6-13(23)12(8-10)19(29)31/h4-9,15,18H,1-3H3,(H2,29,31)(H,30,32)/t9-,15+,18+,21-/m1/s1. The van der Waals surface area contributed by atoms with Crippen LogP contribution < -0.4 is 15.8 Å². The number of hydrogen-bond acceptors (Lipinski definition) is 4. The van der Waals surface area contributed by atoms with Crippen LogP contribution >= 0.6 is 0 Å². The summed E-state index contributed by atoms with van der Waals surface area (Å²) in [4.78, 5) is 24.4. The van der Waals surface area contributed by atoms with E-state index in [1.54, 1.807) is 0 Å². The molecule has 0 saturated carbocycles. The quantitative estimate of drug-likeness (QED) is 0.612. The van der Waals surface area contributed by atoms with Gasteiger partial charge in [-0.05, 0) is 31.2 Å². The van der Waals surface area contributed by atoms with Gasteiger partial charge >= 0.3 is 6.18 Å². The second-order valence-corrected chi connectivity index (χ2v) is 7.99. The van der Waals surface area contributed by atoms with Crippen molar-refractivity contribution in [1.82, 2.24) is 0 Å². The van der Waals surface area contributed by atoms with Crippen molar-refractivity contribution >= 4 is 17.5 Å². The lowest BCUT2D eigenvalue weighted by Gasteiger charge is -2.32. The third-order valence-corrected chi connectivity index (χ3v) is 6.07. The van der Waals surface area contributed by atoms with Gasteiger partial charge in [0.15, 0.2) is 17.2 Å². The summed E-state index contributed by atoms with van der Waals surface area (Å²) in [5.41, 5.74) is 1.32. The minimum absolute atomic E-state index is 0.145. The number of hydrogen-bond donors (Lipinski definition) is 2. The molecule has 2 amide bonds. The first-order valence-corrected chi connectivity index (χ1v) is 9.89. The van der Waals surface area contributed by atoms with Crippen LogP contribution in [0.4, 0.5) is 32.0 Å². The zero-order valence-corrected chi connectivity index (χ0v) is 18.1. The van der Waals surface area contributed by atoms with Crippen LogP contribution in [0.5, 0.6) is 5.75 Å². The van der Waals surface area contributed by atoms with Crippen LogP contribution in [0.3, 0.4) is 0 Å². The van der Waals surface area contributed by atoms with E-state index in [1.807, 2.05) is 0 Å². The summed E-state index contributed by atoms with van der Waals surface area (Å²) in [6, 6.07) is 4.53. The van der Waals surface area contributed by atoms with E-state index in [4.69, 9.17) is 15.2 Å². The van der Waals surface area contributed by atoms with E-state index in [0.29, 0.717) is 6.07 Å². The summed E-state index contributed by atoms with van der Waals surface area (Å²) in [5, 5.41) is 2.26. The van der Waals surface area contributed by atoms with Gasteiger partial charge in [0.2, 0.25) is 5.82 Å². The van der Waals surface area contributed by atoms with Crippen LogP contribution in [0.2, 0.25) is 0 Å². The monoisotopic (exact) mass is 490 g/mol. The van der Waals surface area contributed by atoms with Gasteiger partial charge in [-0.25, -0.2) is 8.78 Å². The van der Waals surface area contributed by atoms with Crippen molar-refractivity contribution in [2.75, 3.05) is 12.4 Å². The van der Waals surface area contributed by atoms with Crippen molar-refractivity contribution in [2.45, 2.75) is 37.6 Å². The van der Waals surface area contributed by atoms with Crippen LogP contribution in [-0.4, -0.2) is 36.8 Å². The van der Waals surface area contributed by atoms with E-state index < -0.39 is 70.3 Å². The highest BCUT2D eigenvalue weighted by molar-refractivity contribution is 5.98. The number of alkyl halides is 3. The summed E-state index contributed by atoms with van der Waals surface area (Å²) in [6.45, 7) is 1.91. The minimum Gasteiger partial charge on any atom is -0.493 e. The van der Waals surface area contributed by atoms with Crippen molar-refractivity contribution in [3.8, 4) is 5.75 Å². The Morgan fingerprint density at radius 2 is 1.74 bits per heavy atom. The molecule has 34 heavy (non-hydrogen) atoms. The van der Waals surface area contributed by atoms with E-state index in [-0.39, 0.29) is 11.3 Å². The van der Waals surface area contributed by atoms with Gasteiger partial charge in [-0.1, -0.05) is 13.0 Å². The fourth-order valence-electron chi connectivity index (χ4n) is 4.05. The van der Waals surface area contributed by atoms with E-state index in [1.165, 1.54) is 0 Å². The van der Waals surface area contributed by atoms with Crippen molar-refractivity contribution in [3.05, 3.63) is 58.9 Å². The number of carbonyl (C=O) groups excluding carboxylic acids is 2. The second-order valence-electron chi connectivity index (χ2n) is 7.99. The molecule has 1 fully saturated rings. The molecule has 184 valence electrons. The molecule has 0 aliphatic carbocycles. The highest BCUT2D eigenvalue weighted by atomic mass is 19.4. The van der Waals surface area contributed by atoms with Crippen molar-refractivity contribution in [3.63, 3.8) is 0 Å². The maximum Gasteiger partial charge on any atom is 0.417 e. The number of nitrogens with two attached hydrogens (primary N) is 1. The average molecular weight is 490 g/mol. The molecule has 0 aromatic heterocycles. The lowest BCUT2D eigenvalue weighted by atomic mass is 9.77. The molecule has 0 bridgehead atoms. The molecule has 6 nitrogen and oxygen atoms in total. The van der Waals surface area contributed by atoms with Gasteiger partial charge in [0.25, 0.3) is 11.8 Å². The van der Waals surface area contributed by atoms with Crippen LogP contribution in [0, 0.1) is 23.4 Å². The predicted octanol–water partition coefficient (Wildman–Crippen LogP) is 4.29.